The molecule has 89 valence electrons. The maximum Gasteiger partial charge on any atom is 2.00 e. The van der Waals surface area contributed by atoms with Gasteiger partial charge in [0.2, 0.25) is 0 Å². The van der Waals surface area contributed by atoms with Crippen molar-refractivity contribution in [2.75, 3.05) is 14.1 Å². The zero-order chi connectivity index (χ0) is 11.3. The minimum Gasteiger partial charge on any atom is -0.354 e. The Morgan fingerprint density at radius 2 is 2.12 bits per heavy atom. The van der Waals surface area contributed by atoms with Gasteiger partial charge in [-0.15, -0.1) is 0 Å². The van der Waals surface area contributed by atoms with Gasteiger partial charge in [0.05, 0.1) is 11.4 Å². The summed E-state index contributed by atoms with van der Waals surface area (Å²) in [5.74, 6) is 0. The van der Waals surface area contributed by atoms with Crippen LogP contribution in [0.2, 0.25) is 0 Å². The summed E-state index contributed by atoms with van der Waals surface area (Å²) in [4.78, 5) is 5.96. The first-order valence-corrected chi connectivity index (χ1v) is 4.95. The summed E-state index contributed by atoms with van der Waals surface area (Å²) < 4.78 is 0. The molecule has 0 atom stereocenters. The number of nitrogens with one attached hydrogen (secondary N) is 1. The standard InChI is InChI=1S/C10H14N4S.Cu/c1-8(9-6-4-5-7-11-9)12-13-10(15)14(2)3;/h4-7H,1-3H3,(H,13,15);/q;+2. The van der Waals surface area contributed by atoms with Gasteiger partial charge in [-0.3, -0.25) is 10.4 Å². The molecule has 0 spiro atoms. The molecule has 4 nitrogen and oxygen atoms in total. The average Bonchev–Trinajstić information content (AvgIpc) is 2.26. The fraction of sp³-hybridized carbons (Fsp3) is 0.300. The number of thiocarbonyl (C=S) groups is 1. The Morgan fingerprint density at radius 1 is 1.44 bits per heavy atom. The zero-order valence-electron chi connectivity index (χ0n) is 9.36. The Morgan fingerprint density at radius 3 is 2.62 bits per heavy atom. The van der Waals surface area contributed by atoms with E-state index >= 15 is 0 Å². The van der Waals surface area contributed by atoms with Gasteiger partial charge in [-0.2, -0.15) is 5.10 Å². The molecule has 0 aromatic carbocycles. The number of aromatic nitrogens is 1. The zero-order valence-corrected chi connectivity index (χ0v) is 11.1. The summed E-state index contributed by atoms with van der Waals surface area (Å²) in [6, 6.07) is 5.69. The summed E-state index contributed by atoms with van der Waals surface area (Å²) in [7, 11) is 3.72. The smallest absolute Gasteiger partial charge is 0.354 e. The maximum atomic E-state index is 5.03. The van der Waals surface area contributed by atoms with Crippen molar-refractivity contribution in [2.24, 2.45) is 5.10 Å². The van der Waals surface area contributed by atoms with E-state index in [1.54, 1.807) is 11.1 Å². The Labute approximate surface area is 112 Å². The summed E-state index contributed by atoms with van der Waals surface area (Å²) >= 11 is 5.03. The molecule has 1 radical (unpaired) electrons. The molecular weight excluding hydrogens is 272 g/mol. The Kier molecular flexibility index (Phi) is 6.88. The number of hydrazone groups is 1. The van der Waals surface area contributed by atoms with Crippen LogP contribution in [0.4, 0.5) is 0 Å². The van der Waals surface area contributed by atoms with E-state index in [-0.39, 0.29) is 17.1 Å². The van der Waals surface area contributed by atoms with Crippen molar-refractivity contribution in [2.45, 2.75) is 6.92 Å². The van der Waals surface area contributed by atoms with Gasteiger partial charge in [0.15, 0.2) is 5.11 Å². The molecule has 1 N–H and O–H groups in total. The predicted octanol–water partition coefficient (Wildman–Crippen LogP) is 1.24. The van der Waals surface area contributed by atoms with Gasteiger partial charge in [0.1, 0.15) is 0 Å². The van der Waals surface area contributed by atoms with Crippen molar-refractivity contribution in [3.8, 4) is 0 Å². The van der Waals surface area contributed by atoms with Gasteiger partial charge in [-0.1, -0.05) is 6.07 Å². The molecule has 0 aliphatic heterocycles. The third-order valence-corrected chi connectivity index (χ3v) is 2.22. The van der Waals surface area contributed by atoms with Gasteiger partial charge in [-0.05, 0) is 31.3 Å². The van der Waals surface area contributed by atoms with E-state index in [0.29, 0.717) is 5.11 Å². The van der Waals surface area contributed by atoms with Gasteiger partial charge in [0, 0.05) is 20.3 Å². The van der Waals surface area contributed by atoms with Crippen LogP contribution in [-0.4, -0.2) is 34.8 Å². The van der Waals surface area contributed by atoms with Crippen LogP contribution < -0.4 is 5.43 Å². The van der Waals surface area contributed by atoms with Gasteiger partial charge < -0.3 is 4.90 Å². The molecule has 0 aliphatic carbocycles. The normalized spacial score (nSPS) is 10.3. The molecule has 1 heterocycles. The van der Waals surface area contributed by atoms with Crippen LogP contribution in [-0.2, 0) is 17.1 Å². The van der Waals surface area contributed by atoms with Crippen LogP contribution in [0.5, 0.6) is 0 Å². The topological polar surface area (TPSA) is 40.5 Å². The van der Waals surface area contributed by atoms with Crippen LogP contribution in [0, 0.1) is 0 Å². The van der Waals surface area contributed by atoms with Crippen molar-refractivity contribution in [3.63, 3.8) is 0 Å². The Bertz CT molecular complexity index is 364. The molecule has 0 saturated heterocycles. The molecule has 0 bridgehead atoms. The molecule has 6 heteroatoms. The van der Waals surface area contributed by atoms with Crippen LogP contribution in [0.15, 0.2) is 29.5 Å². The fourth-order valence-corrected chi connectivity index (χ4v) is 0.911. The van der Waals surface area contributed by atoms with E-state index in [9.17, 15) is 0 Å². The van der Waals surface area contributed by atoms with Crippen LogP contribution in [0.3, 0.4) is 0 Å². The van der Waals surface area contributed by atoms with Gasteiger partial charge >= 0.3 is 17.1 Å². The van der Waals surface area contributed by atoms with E-state index in [2.05, 4.69) is 15.5 Å². The molecule has 1 aromatic heterocycles. The molecule has 0 aliphatic rings. The first-order chi connectivity index (χ1) is 7.11. The Balaban J connectivity index is 0.00000225. The fourth-order valence-electron chi connectivity index (χ4n) is 0.866. The molecule has 0 unspecified atom stereocenters. The van der Waals surface area contributed by atoms with Crippen molar-refractivity contribution >= 4 is 23.0 Å². The summed E-state index contributed by atoms with van der Waals surface area (Å²) in [5, 5.41) is 4.71. The second-order valence-corrected chi connectivity index (χ2v) is 3.61. The van der Waals surface area contributed by atoms with Crippen molar-refractivity contribution in [1.82, 2.24) is 15.3 Å². The number of hydrogen-bond acceptors (Lipinski definition) is 3. The van der Waals surface area contributed by atoms with Gasteiger partial charge in [0.25, 0.3) is 0 Å². The first-order valence-electron chi connectivity index (χ1n) is 4.54. The first kappa shape index (κ1) is 15.0. The van der Waals surface area contributed by atoms with Crippen LogP contribution >= 0.6 is 12.2 Å². The third kappa shape index (κ3) is 4.70. The largest absolute Gasteiger partial charge is 2.00 e. The number of hydrogen-bond donors (Lipinski definition) is 1. The minimum absolute atomic E-state index is 0. The second-order valence-electron chi connectivity index (χ2n) is 3.22. The molecule has 0 amide bonds. The number of nitrogens with zero attached hydrogens (tertiary/aromatic N) is 3. The molecule has 16 heavy (non-hydrogen) atoms. The maximum absolute atomic E-state index is 5.03. The minimum atomic E-state index is 0. The van der Waals surface area contributed by atoms with Crippen LogP contribution in [0.25, 0.3) is 0 Å². The Hall–Kier alpha value is -0.971. The second kappa shape index (κ2) is 7.33. The van der Waals surface area contributed by atoms with E-state index in [1.165, 1.54) is 0 Å². The van der Waals surface area contributed by atoms with Crippen LogP contribution in [0.1, 0.15) is 12.6 Å². The SMILES string of the molecule is CC(=NNC(=S)N(C)C)c1ccccn1.[Cu+2]. The monoisotopic (exact) mass is 285 g/mol. The van der Waals surface area contributed by atoms with E-state index < -0.39 is 0 Å². The van der Waals surface area contributed by atoms with E-state index in [0.717, 1.165) is 11.4 Å². The number of rotatable bonds is 2. The molecule has 0 fully saturated rings. The summed E-state index contributed by atoms with van der Waals surface area (Å²) in [6.45, 7) is 1.88. The van der Waals surface area contributed by atoms with Crippen molar-refractivity contribution in [1.29, 1.82) is 0 Å². The predicted molar refractivity (Wildman–Crippen MR) is 65.9 cm³/mol. The molecular formula is C10H14CuN4S+2. The third-order valence-electron chi connectivity index (χ3n) is 1.76. The molecule has 1 rings (SSSR count). The van der Waals surface area contributed by atoms with Crippen molar-refractivity contribution < 1.29 is 17.1 Å². The summed E-state index contributed by atoms with van der Waals surface area (Å²) in [6.07, 6.45) is 1.73. The molecule has 1 aromatic rings. The van der Waals surface area contributed by atoms with E-state index in [1.807, 2.05) is 39.2 Å². The van der Waals surface area contributed by atoms with E-state index in [4.69, 9.17) is 12.2 Å². The number of pyridine rings is 1. The van der Waals surface area contributed by atoms with Gasteiger partial charge in [-0.25, -0.2) is 0 Å². The average molecular weight is 286 g/mol. The quantitative estimate of drug-likeness (QED) is 0.384. The van der Waals surface area contributed by atoms with Crippen molar-refractivity contribution in [3.05, 3.63) is 30.1 Å². The summed E-state index contributed by atoms with van der Waals surface area (Å²) in [5.41, 5.74) is 4.43. The molecule has 0 saturated carbocycles.